The molecule has 0 atom stereocenters. The number of nitrogens with zero attached hydrogens (tertiary/aromatic N) is 4. The van der Waals surface area contributed by atoms with Crippen molar-refractivity contribution < 1.29 is 4.79 Å². The third-order valence-corrected chi connectivity index (χ3v) is 6.42. The Morgan fingerprint density at radius 2 is 1.91 bits per heavy atom. The van der Waals surface area contributed by atoms with E-state index >= 15 is 0 Å². The second kappa shape index (κ2) is 7.60. The summed E-state index contributed by atoms with van der Waals surface area (Å²) in [6, 6.07) is 14.0. The van der Waals surface area contributed by atoms with E-state index in [0.29, 0.717) is 17.1 Å². The summed E-state index contributed by atoms with van der Waals surface area (Å²) in [7, 11) is 0. The van der Waals surface area contributed by atoms with E-state index in [1.165, 1.54) is 24.6 Å². The molecule has 8 nitrogen and oxygen atoms in total. The lowest BCUT2D eigenvalue weighted by atomic mass is 10.1. The number of nitrogens with one attached hydrogen (secondary N) is 2. The van der Waals surface area contributed by atoms with Crippen LogP contribution in [-0.2, 0) is 6.54 Å². The van der Waals surface area contributed by atoms with Crippen molar-refractivity contribution in [1.29, 1.82) is 0 Å². The van der Waals surface area contributed by atoms with Gasteiger partial charge in [-0.1, -0.05) is 12.1 Å². The first-order valence-corrected chi connectivity index (χ1v) is 11.2. The number of nitrogens with two attached hydrogens (primary N) is 1. The molecule has 0 bridgehead atoms. The van der Waals surface area contributed by atoms with Crippen molar-refractivity contribution in [3.8, 4) is 5.69 Å². The number of carbonyl (C=O) groups excluding carboxylic acids is 1. The van der Waals surface area contributed by atoms with Gasteiger partial charge in [-0.15, -0.1) is 0 Å². The molecule has 33 heavy (non-hydrogen) atoms. The average molecular weight is 440 g/mol. The second-order valence-electron chi connectivity index (χ2n) is 8.80. The first-order valence-electron chi connectivity index (χ1n) is 11.2. The molecule has 0 aliphatic carbocycles. The number of rotatable bonds is 5. The molecule has 3 aromatic heterocycles. The van der Waals surface area contributed by atoms with Gasteiger partial charge in [0.2, 0.25) is 5.78 Å². The standard InChI is InChI=1S/C25H25N7O/c1-15-28-20-7-6-18(12-22(20)29-15)32-25(26)19(13-27-32)24(33)23-11-17-5-4-16(10-21(17)30-23)14-31-8-2-3-9-31/h4-7,10-13,30H,2-3,8-9,14,26H2,1H3,(H,28,29). The summed E-state index contributed by atoms with van der Waals surface area (Å²) in [6.07, 6.45) is 4.07. The van der Waals surface area contributed by atoms with Gasteiger partial charge < -0.3 is 15.7 Å². The van der Waals surface area contributed by atoms with Gasteiger partial charge in [-0.2, -0.15) is 5.10 Å². The Kier molecular flexibility index (Phi) is 4.55. The molecule has 0 unspecified atom stereocenters. The molecule has 1 saturated heterocycles. The number of aryl methyl sites for hydroxylation is 1. The van der Waals surface area contributed by atoms with Crippen molar-refractivity contribution in [2.45, 2.75) is 26.3 Å². The van der Waals surface area contributed by atoms with Gasteiger partial charge in [-0.05, 0) is 68.8 Å². The number of carbonyl (C=O) groups is 1. The zero-order valence-electron chi connectivity index (χ0n) is 18.4. The van der Waals surface area contributed by atoms with Gasteiger partial charge in [0.25, 0.3) is 0 Å². The van der Waals surface area contributed by atoms with Gasteiger partial charge in [0.1, 0.15) is 11.6 Å². The maximum Gasteiger partial charge on any atom is 0.214 e. The minimum atomic E-state index is -0.173. The van der Waals surface area contributed by atoms with Gasteiger partial charge in [0.15, 0.2) is 0 Å². The van der Waals surface area contributed by atoms with Gasteiger partial charge in [0, 0.05) is 17.4 Å². The summed E-state index contributed by atoms with van der Waals surface area (Å²) in [5.74, 6) is 0.974. The van der Waals surface area contributed by atoms with Gasteiger partial charge in [0.05, 0.1) is 34.2 Å². The molecule has 0 radical (unpaired) electrons. The Hall–Kier alpha value is -3.91. The number of benzene rings is 2. The SMILES string of the molecule is Cc1nc2cc(-n3ncc(C(=O)c4cc5ccc(CN6CCCC6)cc5[nH]4)c3N)ccc2[nH]1. The Labute approximate surface area is 190 Å². The van der Waals surface area contributed by atoms with Crippen LogP contribution in [0.1, 0.15) is 40.3 Å². The highest BCUT2D eigenvalue weighted by atomic mass is 16.1. The third kappa shape index (κ3) is 3.48. The zero-order chi connectivity index (χ0) is 22.5. The summed E-state index contributed by atoms with van der Waals surface area (Å²) < 4.78 is 1.58. The largest absolute Gasteiger partial charge is 0.383 e. The first-order chi connectivity index (χ1) is 16.0. The summed E-state index contributed by atoms with van der Waals surface area (Å²) >= 11 is 0. The van der Waals surface area contributed by atoms with Crippen LogP contribution in [0.3, 0.4) is 0 Å². The predicted octanol–water partition coefficient (Wildman–Crippen LogP) is 3.95. The lowest BCUT2D eigenvalue weighted by Crippen LogP contribution is -2.18. The third-order valence-electron chi connectivity index (χ3n) is 6.42. The monoisotopic (exact) mass is 439 g/mol. The number of imidazole rings is 1. The Morgan fingerprint density at radius 1 is 1.06 bits per heavy atom. The molecule has 1 fully saturated rings. The fourth-order valence-corrected chi connectivity index (χ4v) is 4.73. The molecule has 5 aromatic rings. The van der Waals surface area contributed by atoms with Crippen LogP contribution in [0.4, 0.5) is 5.82 Å². The lowest BCUT2D eigenvalue weighted by Gasteiger charge is -2.14. The molecule has 4 heterocycles. The predicted molar refractivity (Wildman–Crippen MR) is 129 cm³/mol. The normalized spacial score (nSPS) is 14.6. The van der Waals surface area contributed by atoms with Crippen LogP contribution in [0.5, 0.6) is 0 Å². The minimum absolute atomic E-state index is 0.173. The molecule has 1 aliphatic heterocycles. The highest BCUT2D eigenvalue weighted by Gasteiger charge is 2.20. The molecule has 0 spiro atoms. The fourth-order valence-electron chi connectivity index (χ4n) is 4.73. The molecule has 4 N–H and O–H groups in total. The van der Waals surface area contributed by atoms with Crippen molar-refractivity contribution >= 4 is 33.5 Å². The molecule has 0 amide bonds. The number of anilines is 1. The molecule has 1 aliphatic rings. The second-order valence-corrected chi connectivity index (χ2v) is 8.80. The van der Waals surface area contributed by atoms with Crippen molar-refractivity contribution in [2.24, 2.45) is 0 Å². The van der Waals surface area contributed by atoms with Crippen LogP contribution in [-0.4, -0.2) is 48.5 Å². The van der Waals surface area contributed by atoms with Crippen molar-refractivity contribution in [2.75, 3.05) is 18.8 Å². The number of ketones is 1. The number of fused-ring (bicyclic) bond motifs is 2. The van der Waals surface area contributed by atoms with E-state index < -0.39 is 0 Å². The van der Waals surface area contributed by atoms with Crippen LogP contribution in [0, 0.1) is 6.92 Å². The topological polar surface area (TPSA) is 109 Å². The number of hydrogen-bond acceptors (Lipinski definition) is 5. The number of hydrogen-bond donors (Lipinski definition) is 3. The van der Waals surface area contributed by atoms with Crippen LogP contribution >= 0.6 is 0 Å². The zero-order valence-corrected chi connectivity index (χ0v) is 18.4. The van der Waals surface area contributed by atoms with E-state index in [1.807, 2.05) is 31.2 Å². The smallest absolute Gasteiger partial charge is 0.214 e. The summed E-state index contributed by atoms with van der Waals surface area (Å²) in [5, 5.41) is 5.39. The van der Waals surface area contributed by atoms with Crippen LogP contribution in [0.15, 0.2) is 48.7 Å². The number of aromatic nitrogens is 5. The summed E-state index contributed by atoms with van der Waals surface area (Å²) in [6.45, 7) is 5.16. The van der Waals surface area contributed by atoms with Crippen LogP contribution in [0.2, 0.25) is 0 Å². The summed E-state index contributed by atoms with van der Waals surface area (Å²) in [4.78, 5) is 26.7. The van der Waals surface area contributed by atoms with E-state index in [2.05, 4.69) is 43.1 Å². The van der Waals surface area contributed by atoms with E-state index in [0.717, 1.165) is 53.1 Å². The van der Waals surface area contributed by atoms with Gasteiger partial charge in [-0.25, -0.2) is 9.67 Å². The molecular weight excluding hydrogens is 414 g/mol. The molecule has 8 heteroatoms. The maximum absolute atomic E-state index is 13.3. The van der Waals surface area contributed by atoms with Gasteiger partial charge >= 0.3 is 0 Å². The van der Waals surface area contributed by atoms with E-state index in [-0.39, 0.29) is 5.78 Å². The summed E-state index contributed by atoms with van der Waals surface area (Å²) in [5.41, 5.74) is 12.0. The highest BCUT2D eigenvalue weighted by Crippen LogP contribution is 2.25. The quantitative estimate of drug-likeness (QED) is 0.359. The number of H-pyrrole nitrogens is 2. The van der Waals surface area contributed by atoms with Crippen LogP contribution in [0.25, 0.3) is 27.6 Å². The van der Waals surface area contributed by atoms with Crippen molar-refractivity contribution in [1.82, 2.24) is 29.6 Å². The number of nitrogen functional groups attached to an aromatic ring is 1. The molecule has 2 aromatic carbocycles. The Morgan fingerprint density at radius 3 is 2.76 bits per heavy atom. The van der Waals surface area contributed by atoms with Gasteiger partial charge in [-0.3, -0.25) is 9.69 Å². The first kappa shape index (κ1) is 19.8. The minimum Gasteiger partial charge on any atom is -0.383 e. The van der Waals surface area contributed by atoms with E-state index in [1.54, 1.807) is 4.68 Å². The molecule has 0 saturated carbocycles. The number of aromatic amines is 2. The van der Waals surface area contributed by atoms with E-state index in [9.17, 15) is 4.79 Å². The van der Waals surface area contributed by atoms with Crippen LogP contribution < -0.4 is 5.73 Å². The molecule has 166 valence electrons. The fraction of sp³-hybridized carbons (Fsp3) is 0.240. The van der Waals surface area contributed by atoms with Crippen molar-refractivity contribution in [3.63, 3.8) is 0 Å². The average Bonchev–Trinajstić information content (AvgIpc) is 3.58. The maximum atomic E-state index is 13.3. The lowest BCUT2D eigenvalue weighted by molar-refractivity contribution is 0.103. The highest BCUT2D eigenvalue weighted by molar-refractivity contribution is 6.12. The Bertz CT molecular complexity index is 1500. The van der Waals surface area contributed by atoms with Crippen molar-refractivity contribution in [3.05, 3.63) is 71.3 Å². The van der Waals surface area contributed by atoms with E-state index in [4.69, 9.17) is 5.73 Å². The number of likely N-dealkylation sites (tertiary alicyclic amines) is 1. The Balaban J connectivity index is 1.29. The molecular formula is C25H25N7O. The molecule has 6 rings (SSSR count).